The molecule has 0 radical (unpaired) electrons. The average molecular weight is 433 g/mol. The lowest BCUT2D eigenvalue weighted by Gasteiger charge is -2.12. The molecule has 1 N–H and O–H groups in total. The summed E-state index contributed by atoms with van der Waals surface area (Å²) in [5.74, 6) is -2.50. The van der Waals surface area contributed by atoms with Gasteiger partial charge < -0.3 is 23.4 Å². The Hall–Kier alpha value is -3.82. The molecule has 1 aromatic heterocycles. The van der Waals surface area contributed by atoms with Gasteiger partial charge in [-0.3, -0.25) is 14.9 Å². The zero-order valence-electron chi connectivity index (χ0n) is 17.8. The van der Waals surface area contributed by atoms with E-state index in [1.165, 1.54) is 34.1 Å². The second kappa shape index (κ2) is 10.3. The number of rotatable bonds is 9. The zero-order valence-corrected chi connectivity index (χ0v) is 17.8. The first-order chi connectivity index (χ1) is 14.7. The van der Waals surface area contributed by atoms with E-state index in [0.717, 1.165) is 0 Å². The van der Waals surface area contributed by atoms with Crippen molar-refractivity contribution in [1.29, 1.82) is 0 Å². The highest BCUT2D eigenvalue weighted by atomic mass is 16.5. The number of esters is 2. The number of amides is 1. The number of aryl methyl sites for hydroxylation is 1. The van der Waals surface area contributed by atoms with Crippen LogP contribution in [0.25, 0.3) is 0 Å². The largest absolute Gasteiger partial charge is 0.493 e. The maximum Gasteiger partial charge on any atom is 0.344 e. The summed E-state index contributed by atoms with van der Waals surface area (Å²) >= 11 is 0. The molecule has 0 atom stereocenters. The molecular weight excluding hydrogens is 410 g/mol. The van der Waals surface area contributed by atoms with E-state index in [4.69, 9.17) is 23.4 Å². The predicted octanol–water partition coefficient (Wildman–Crippen LogP) is 2.78. The molecule has 166 valence electrons. The van der Waals surface area contributed by atoms with Crippen LogP contribution >= 0.6 is 0 Å². The first-order valence-electron chi connectivity index (χ1n) is 9.24. The third-order valence-corrected chi connectivity index (χ3v) is 4.13. The van der Waals surface area contributed by atoms with Crippen molar-refractivity contribution in [1.82, 2.24) is 0 Å². The van der Waals surface area contributed by atoms with Gasteiger partial charge >= 0.3 is 11.9 Å². The van der Waals surface area contributed by atoms with Gasteiger partial charge in [0.25, 0.3) is 5.91 Å². The molecule has 1 heterocycles. The molecule has 0 spiro atoms. The molecule has 1 amide bonds. The summed E-state index contributed by atoms with van der Waals surface area (Å²) in [6.07, 6.45) is 0. The number of methoxy groups -OCH3 is 2. The number of ether oxygens (including phenoxy) is 4. The van der Waals surface area contributed by atoms with Gasteiger partial charge in [0.2, 0.25) is 5.88 Å². The fraction of sp³-hybridized carbons (Fsp3) is 0.333. The first-order valence-corrected chi connectivity index (χ1v) is 9.24. The summed E-state index contributed by atoms with van der Waals surface area (Å²) < 4.78 is 25.6. The minimum absolute atomic E-state index is 0.00635. The van der Waals surface area contributed by atoms with E-state index < -0.39 is 30.2 Å². The highest BCUT2D eigenvalue weighted by Crippen LogP contribution is 2.31. The van der Waals surface area contributed by atoms with E-state index in [0.29, 0.717) is 5.75 Å². The average Bonchev–Trinajstić information content (AvgIpc) is 3.07. The van der Waals surface area contributed by atoms with Crippen LogP contribution in [0.1, 0.15) is 50.7 Å². The fourth-order valence-corrected chi connectivity index (χ4v) is 2.87. The van der Waals surface area contributed by atoms with Gasteiger partial charge in [0.1, 0.15) is 16.9 Å². The Labute approximate surface area is 178 Å². The molecule has 0 saturated heterocycles. The topological polar surface area (TPSA) is 130 Å². The lowest BCUT2D eigenvalue weighted by molar-refractivity contribution is -0.119. The van der Waals surface area contributed by atoms with Gasteiger partial charge in [-0.05, 0) is 32.9 Å². The van der Waals surface area contributed by atoms with Crippen molar-refractivity contribution in [3.63, 3.8) is 0 Å². The van der Waals surface area contributed by atoms with Crippen LogP contribution in [0.4, 0.5) is 5.88 Å². The monoisotopic (exact) mass is 433 g/mol. The number of para-hydroxylation sites is 1. The number of carbonyl (C=O) groups excluding carboxylic acids is 4. The van der Waals surface area contributed by atoms with Gasteiger partial charge in [-0.25, -0.2) is 9.59 Å². The van der Waals surface area contributed by atoms with Crippen LogP contribution in [-0.4, -0.2) is 51.1 Å². The standard InChI is InChI=1S/C21H23NO9/c1-6-29-21(26)17-16(11(2)23)12(3)31-19(17)22-15(24)10-30-20(25)13-8-7-9-14(27-4)18(13)28-5/h7-9H,6,10H2,1-5H3,(H,22,24). The molecule has 10 nitrogen and oxygen atoms in total. The van der Waals surface area contributed by atoms with Gasteiger partial charge in [0.15, 0.2) is 23.9 Å². The first kappa shape index (κ1) is 23.5. The van der Waals surface area contributed by atoms with Crippen molar-refractivity contribution >= 4 is 29.5 Å². The van der Waals surface area contributed by atoms with Crippen molar-refractivity contribution < 1.29 is 42.5 Å². The molecule has 0 fully saturated rings. The van der Waals surface area contributed by atoms with Crippen molar-refractivity contribution in [2.45, 2.75) is 20.8 Å². The summed E-state index contributed by atoms with van der Waals surface area (Å²) in [7, 11) is 2.78. The Morgan fingerprint density at radius 2 is 1.71 bits per heavy atom. The van der Waals surface area contributed by atoms with E-state index >= 15 is 0 Å². The molecule has 0 aliphatic rings. The summed E-state index contributed by atoms with van der Waals surface area (Å²) in [4.78, 5) is 48.9. The molecular formula is C21H23NO9. The molecule has 2 aromatic rings. The molecule has 2 rings (SSSR count). The number of benzene rings is 1. The molecule has 0 saturated carbocycles. The number of hydrogen-bond acceptors (Lipinski definition) is 9. The van der Waals surface area contributed by atoms with E-state index in [2.05, 4.69) is 5.32 Å². The zero-order chi connectivity index (χ0) is 23.1. The maximum absolute atomic E-state index is 12.4. The second-order valence-electron chi connectivity index (χ2n) is 6.18. The molecule has 1 aromatic carbocycles. The number of furan rings is 1. The van der Waals surface area contributed by atoms with Crippen molar-refractivity contribution in [3.05, 3.63) is 40.6 Å². The van der Waals surface area contributed by atoms with Crippen LogP contribution in [0.15, 0.2) is 22.6 Å². The lowest BCUT2D eigenvalue weighted by Crippen LogP contribution is -2.22. The van der Waals surface area contributed by atoms with E-state index in [1.807, 2.05) is 0 Å². The Balaban J connectivity index is 2.17. The number of ketones is 1. The van der Waals surface area contributed by atoms with Crippen LogP contribution in [-0.2, 0) is 14.3 Å². The van der Waals surface area contributed by atoms with Crippen molar-refractivity contribution in [3.8, 4) is 11.5 Å². The number of nitrogens with one attached hydrogen (secondary N) is 1. The Morgan fingerprint density at radius 1 is 1.00 bits per heavy atom. The van der Waals surface area contributed by atoms with E-state index in [9.17, 15) is 19.2 Å². The molecule has 31 heavy (non-hydrogen) atoms. The SMILES string of the molecule is CCOC(=O)c1c(NC(=O)COC(=O)c2cccc(OC)c2OC)oc(C)c1C(C)=O. The van der Waals surface area contributed by atoms with Crippen LogP contribution in [0.5, 0.6) is 11.5 Å². The molecule has 0 bridgehead atoms. The number of anilines is 1. The quantitative estimate of drug-likeness (QED) is 0.468. The molecule has 0 aliphatic carbocycles. The fourth-order valence-electron chi connectivity index (χ4n) is 2.87. The minimum Gasteiger partial charge on any atom is -0.493 e. The Bertz CT molecular complexity index is 1010. The van der Waals surface area contributed by atoms with Gasteiger partial charge in [-0.2, -0.15) is 0 Å². The van der Waals surface area contributed by atoms with Crippen LogP contribution in [0.2, 0.25) is 0 Å². The number of Topliss-reactive ketones (excluding diaryl/α,β-unsaturated/α-hetero) is 1. The lowest BCUT2D eigenvalue weighted by atomic mass is 10.1. The molecule has 0 aliphatic heterocycles. The van der Waals surface area contributed by atoms with Crippen LogP contribution < -0.4 is 14.8 Å². The smallest absolute Gasteiger partial charge is 0.344 e. The van der Waals surface area contributed by atoms with Crippen LogP contribution in [0.3, 0.4) is 0 Å². The van der Waals surface area contributed by atoms with E-state index in [-0.39, 0.29) is 40.7 Å². The number of hydrogen-bond donors (Lipinski definition) is 1. The van der Waals surface area contributed by atoms with E-state index in [1.54, 1.807) is 19.1 Å². The van der Waals surface area contributed by atoms with Gasteiger partial charge in [-0.1, -0.05) is 6.07 Å². The molecule has 0 unspecified atom stereocenters. The van der Waals surface area contributed by atoms with Gasteiger partial charge in [0, 0.05) is 0 Å². The highest BCUT2D eigenvalue weighted by Gasteiger charge is 2.29. The second-order valence-corrected chi connectivity index (χ2v) is 6.18. The highest BCUT2D eigenvalue weighted by molar-refractivity contribution is 6.11. The molecule has 10 heteroatoms. The van der Waals surface area contributed by atoms with Gasteiger partial charge in [0.05, 0.1) is 26.4 Å². The van der Waals surface area contributed by atoms with Crippen LogP contribution in [0, 0.1) is 6.92 Å². The summed E-state index contributed by atoms with van der Waals surface area (Å²) in [5.41, 5.74) is -0.123. The summed E-state index contributed by atoms with van der Waals surface area (Å²) in [6, 6.07) is 4.62. The summed E-state index contributed by atoms with van der Waals surface area (Å²) in [6.45, 7) is 3.72. The van der Waals surface area contributed by atoms with Crippen molar-refractivity contribution in [2.24, 2.45) is 0 Å². The third-order valence-electron chi connectivity index (χ3n) is 4.13. The minimum atomic E-state index is -0.823. The van der Waals surface area contributed by atoms with Gasteiger partial charge in [-0.15, -0.1) is 0 Å². The third kappa shape index (κ3) is 5.21. The summed E-state index contributed by atoms with van der Waals surface area (Å²) in [5, 5.41) is 2.33. The Kier molecular flexibility index (Phi) is 7.78. The van der Waals surface area contributed by atoms with Crippen molar-refractivity contribution in [2.75, 3.05) is 32.8 Å². The number of carbonyl (C=O) groups is 4. The predicted molar refractivity (Wildman–Crippen MR) is 108 cm³/mol. The maximum atomic E-state index is 12.4. The Morgan fingerprint density at radius 3 is 2.29 bits per heavy atom. The normalized spacial score (nSPS) is 10.2.